The number of nitrogens with zero attached hydrogens (tertiary/aromatic N) is 5. The summed E-state index contributed by atoms with van der Waals surface area (Å²) in [5, 5.41) is 4.75. The lowest BCUT2D eigenvalue weighted by Gasteiger charge is -2.28. The minimum absolute atomic E-state index is 0.00406. The first-order chi connectivity index (χ1) is 14.3. The van der Waals surface area contributed by atoms with Gasteiger partial charge in [-0.05, 0) is 37.4 Å². The maximum Gasteiger partial charge on any atom is 0.182 e. The highest BCUT2D eigenvalue weighted by molar-refractivity contribution is 7.89. The van der Waals surface area contributed by atoms with Crippen molar-refractivity contribution in [3.05, 3.63) is 47.7 Å². The summed E-state index contributed by atoms with van der Waals surface area (Å²) >= 11 is 0. The minimum Gasteiger partial charge on any atom is -0.378 e. The van der Waals surface area contributed by atoms with E-state index in [1.807, 2.05) is 49.1 Å². The van der Waals surface area contributed by atoms with Crippen molar-refractivity contribution in [1.29, 1.82) is 0 Å². The van der Waals surface area contributed by atoms with Crippen LogP contribution in [0.1, 0.15) is 11.1 Å². The molecule has 1 saturated heterocycles. The SMILES string of the molecule is CN(C)Cc1cc2c(N3CCOCC3)nc(-c3cccc(CS(C)(=O)=O)c3)nn2c1. The van der Waals surface area contributed by atoms with Crippen molar-refractivity contribution in [2.45, 2.75) is 12.3 Å². The molecule has 1 fully saturated rings. The fourth-order valence-electron chi connectivity index (χ4n) is 3.72. The monoisotopic (exact) mass is 429 g/mol. The zero-order chi connectivity index (χ0) is 21.3. The molecule has 1 aliphatic rings. The summed E-state index contributed by atoms with van der Waals surface area (Å²) in [7, 11) is 0.958. The van der Waals surface area contributed by atoms with Crippen LogP contribution < -0.4 is 4.90 Å². The molecule has 1 aliphatic heterocycles. The zero-order valence-electron chi connectivity index (χ0n) is 17.6. The van der Waals surface area contributed by atoms with Crippen molar-refractivity contribution in [3.63, 3.8) is 0 Å². The molecule has 0 N–H and O–H groups in total. The van der Waals surface area contributed by atoms with E-state index >= 15 is 0 Å². The van der Waals surface area contributed by atoms with E-state index in [0.29, 0.717) is 19.0 Å². The van der Waals surface area contributed by atoms with Crippen molar-refractivity contribution in [3.8, 4) is 11.4 Å². The summed E-state index contributed by atoms with van der Waals surface area (Å²) in [6.45, 7) is 3.69. The number of anilines is 1. The number of hydrogen-bond donors (Lipinski definition) is 0. The van der Waals surface area contributed by atoms with Crippen LogP contribution in [0.4, 0.5) is 5.82 Å². The Morgan fingerprint density at radius 3 is 2.60 bits per heavy atom. The largest absolute Gasteiger partial charge is 0.378 e. The second kappa shape index (κ2) is 8.33. The summed E-state index contributed by atoms with van der Waals surface area (Å²) in [5.41, 5.74) is 3.65. The summed E-state index contributed by atoms with van der Waals surface area (Å²) in [6, 6.07) is 9.58. The number of hydrogen-bond acceptors (Lipinski definition) is 7. The van der Waals surface area contributed by atoms with Gasteiger partial charge >= 0.3 is 0 Å². The Hall–Kier alpha value is -2.49. The Balaban J connectivity index is 1.81. The van der Waals surface area contributed by atoms with E-state index in [4.69, 9.17) is 14.8 Å². The third-order valence-electron chi connectivity index (χ3n) is 4.92. The quantitative estimate of drug-likeness (QED) is 0.591. The molecular formula is C21H27N5O3S. The Morgan fingerprint density at radius 2 is 1.90 bits per heavy atom. The zero-order valence-corrected chi connectivity index (χ0v) is 18.4. The van der Waals surface area contributed by atoms with E-state index in [2.05, 4.69) is 15.9 Å². The number of sulfone groups is 1. The van der Waals surface area contributed by atoms with Crippen LogP contribution in [0.3, 0.4) is 0 Å². The first-order valence-electron chi connectivity index (χ1n) is 9.92. The molecule has 0 saturated carbocycles. The lowest BCUT2D eigenvalue weighted by Crippen LogP contribution is -2.37. The van der Waals surface area contributed by atoms with E-state index < -0.39 is 9.84 Å². The molecule has 0 radical (unpaired) electrons. The highest BCUT2D eigenvalue weighted by Crippen LogP contribution is 2.26. The molecule has 0 spiro atoms. The molecule has 160 valence electrons. The van der Waals surface area contributed by atoms with Gasteiger partial charge in [0, 0.05) is 37.7 Å². The fourth-order valence-corrected chi connectivity index (χ4v) is 4.51. The van der Waals surface area contributed by atoms with Gasteiger partial charge < -0.3 is 14.5 Å². The molecule has 8 nitrogen and oxygen atoms in total. The number of fused-ring (bicyclic) bond motifs is 1. The van der Waals surface area contributed by atoms with Crippen molar-refractivity contribution in [2.24, 2.45) is 0 Å². The number of benzene rings is 1. The van der Waals surface area contributed by atoms with Crippen LogP contribution in [0.5, 0.6) is 0 Å². The Labute approximate surface area is 177 Å². The van der Waals surface area contributed by atoms with Gasteiger partial charge in [0.1, 0.15) is 5.52 Å². The lowest BCUT2D eigenvalue weighted by atomic mass is 10.1. The molecule has 0 aliphatic carbocycles. The number of rotatable bonds is 6. The van der Waals surface area contributed by atoms with E-state index in [1.165, 1.54) is 6.26 Å². The predicted molar refractivity (Wildman–Crippen MR) is 117 cm³/mol. The molecule has 30 heavy (non-hydrogen) atoms. The van der Waals surface area contributed by atoms with Gasteiger partial charge in [-0.25, -0.2) is 17.9 Å². The van der Waals surface area contributed by atoms with Gasteiger partial charge in [0.2, 0.25) is 0 Å². The third-order valence-corrected chi connectivity index (χ3v) is 5.78. The average molecular weight is 430 g/mol. The maximum atomic E-state index is 11.7. The third kappa shape index (κ3) is 4.80. The van der Waals surface area contributed by atoms with Crippen LogP contribution in [-0.2, 0) is 26.9 Å². The molecule has 1 aromatic carbocycles. The molecule has 0 unspecified atom stereocenters. The standard InChI is InChI=1S/C21H27N5O3S/c1-24(2)13-17-12-19-21(25-7-9-29-10-8-25)22-20(23-26(19)14-17)18-6-4-5-16(11-18)15-30(3,27)28/h4-6,11-12,14H,7-10,13,15H2,1-3H3. The Morgan fingerprint density at radius 1 is 1.13 bits per heavy atom. The highest BCUT2D eigenvalue weighted by atomic mass is 32.2. The van der Waals surface area contributed by atoms with Gasteiger partial charge in [0.05, 0.1) is 19.0 Å². The number of ether oxygens (including phenoxy) is 1. The summed E-state index contributed by atoms with van der Waals surface area (Å²) < 4.78 is 30.8. The van der Waals surface area contributed by atoms with Crippen molar-refractivity contribution >= 4 is 21.2 Å². The molecule has 3 heterocycles. The topological polar surface area (TPSA) is 80.0 Å². The Bertz CT molecular complexity index is 1150. The molecule has 3 aromatic rings. The molecular weight excluding hydrogens is 402 g/mol. The first-order valence-corrected chi connectivity index (χ1v) is 12.0. The van der Waals surface area contributed by atoms with E-state index in [9.17, 15) is 8.42 Å². The summed E-state index contributed by atoms with van der Waals surface area (Å²) in [5.74, 6) is 1.45. The average Bonchev–Trinajstić information content (AvgIpc) is 3.08. The molecule has 2 aromatic heterocycles. The molecule has 0 atom stereocenters. The van der Waals surface area contributed by atoms with E-state index in [0.717, 1.165) is 47.7 Å². The maximum absolute atomic E-state index is 11.7. The van der Waals surface area contributed by atoms with Crippen LogP contribution in [0.15, 0.2) is 36.5 Å². The smallest absolute Gasteiger partial charge is 0.182 e. The van der Waals surface area contributed by atoms with Gasteiger partial charge in [-0.3, -0.25) is 0 Å². The fraction of sp³-hybridized carbons (Fsp3) is 0.429. The first kappa shape index (κ1) is 20.8. The van der Waals surface area contributed by atoms with Crippen LogP contribution in [0.2, 0.25) is 0 Å². The number of morpholine rings is 1. The van der Waals surface area contributed by atoms with Gasteiger partial charge in [0.15, 0.2) is 21.5 Å². The normalized spacial score (nSPS) is 15.3. The van der Waals surface area contributed by atoms with E-state index in [1.54, 1.807) is 0 Å². The van der Waals surface area contributed by atoms with Gasteiger partial charge in [-0.15, -0.1) is 5.10 Å². The van der Waals surface area contributed by atoms with Crippen molar-refractivity contribution in [2.75, 3.05) is 51.6 Å². The second-order valence-corrected chi connectivity index (χ2v) is 10.2. The predicted octanol–water partition coefficient (Wildman–Crippen LogP) is 1.84. The molecule has 4 rings (SSSR count). The van der Waals surface area contributed by atoms with Crippen molar-refractivity contribution in [1.82, 2.24) is 19.5 Å². The molecule has 9 heteroatoms. The van der Waals surface area contributed by atoms with Crippen LogP contribution in [0.25, 0.3) is 16.9 Å². The molecule has 0 amide bonds. The van der Waals surface area contributed by atoms with Gasteiger partial charge in [-0.2, -0.15) is 0 Å². The summed E-state index contributed by atoms with van der Waals surface area (Å²) in [4.78, 5) is 9.24. The second-order valence-electron chi connectivity index (χ2n) is 8.04. The lowest BCUT2D eigenvalue weighted by molar-refractivity contribution is 0.122. The summed E-state index contributed by atoms with van der Waals surface area (Å²) in [6.07, 6.45) is 3.27. The van der Waals surface area contributed by atoms with Crippen LogP contribution in [-0.4, -0.2) is 74.6 Å². The van der Waals surface area contributed by atoms with Gasteiger partial charge in [-0.1, -0.05) is 18.2 Å². The Kier molecular flexibility index (Phi) is 5.77. The van der Waals surface area contributed by atoms with Crippen LogP contribution in [0, 0.1) is 0 Å². The van der Waals surface area contributed by atoms with E-state index in [-0.39, 0.29) is 5.75 Å². The van der Waals surface area contributed by atoms with Gasteiger partial charge in [0.25, 0.3) is 0 Å². The number of aromatic nitrogens is 3. The minimum atomic E-state index is -3.12. The highest BCUT2D eigenvalue weighted by Gasteiger charge is 2.19. The van der Waals surface area contributed by atoms with Crippen molar-refractivity contribution < 1.29 is 13.2 Å². The van der Waals surface area contributed by atoms with Crippen LogP contribution >= 0.6 is 0 Å². The molecule has 0 bridgehead atoms.